The number of ether oxygens (including phenoxy) is 2. The number of Topliss-reactive ketones (excluding diaryl/α,β-unsaturated/α-hetero) is 1. The van der Waals surface area contributed by atoms with Gasteiger partial charge < -0.3 is 19.5 Å². The quantitative estimate of drug-likeness (QED) is 0.345. The normalized spacial score (nSPS) is 17.8. The molecule has 1 aliphatic rings. The van der Waals surface area contributed by atoms with E-state index in [-0.39, 0.29) is 32.7 Å². The van der Waals surface area contributed by atoms with Crippen molar-refractivity contribution in [3.05, 3.63) is 63.1 Å². The number of para-hydroxylation sites is 1. The number of nitrogens with zero attached hydrogens (tertiary/aromatic N) is 1. The molecule has 8 heteroatoms. The van der Waals surface area contributed by atoms with Crippen LogP contribution in [-0.2, 0) is 9.59 Å². The van der Waals surface area contributed by atoms with Crippen LogP contribution in [0.2, 0.25) is 10.0 Å². The first-order chi connectivity index (χ1) is 14.8. The summed E-state index contributed by atoms with van der Waals surface area (Å²) in [5.41, 5.74) is 0.777. The van der Waals surface area contributed by atoms with Crippen molar-refractivity contribution in [1.82, 2.24) is 4.90 Å². The minimum absolute atomic E-state index is 0.0390. The fourth-order valence-corrected chi connectivity index (χ4v) is 4.34. The highest BCUT2D eigenvalue weighted by Crippen LogP contribution is 2.44. The van der Waals surface area contributed by atoms with Crippen LogP contribution in [0.5, 0.6) is 11.5 Å². The Hall–Kier alpha value is -2.70. The third kappa shape index (κ3) is 4.23. The lowest BCUT2D eigenvalue weighted by atomic mass is 9.94. The Morgan fingerprint density at radius 1 is 1.10 bits per heavy atom. The van der Waals surface area contributed by atoms with Gasteiger partial charge in [-0.05, 0) is 24.6 Å². The van der Waals surface area contributed by atoms with Crippen molar-refractivity contribution in [3.63, 3.8) is 0 Å². The molecule has 0 radical (unpaired) electrons. The molecule has 2 aromatic carbocycles. The minimum Gasteiger partial charge on any atom is -0.507 e. The summed E-state index contributed by atoms with van der Waals surface area (Å²) in [4.78, 5) is 27.4. The molecule has 1 aliphatic heterocycles. The number of ketones is 1. The van der Waals surface area contributed by atoms with Crippen LogP contribution < -0.4 is 9.47 Å². The molecule has 0 aromatic heterocycles. The van der Waals surface area contributed by atoms with Gasteiger partial charge >= 0.3 is 0 Å². The van der Waals surface area contributed by atoms with Crippen molar-refractivity contribution >= 4 is 40.7 Å². The zero-order chi connectivity index (χ0) is 22.7. The Bertz CT molecular complexity index is 1030. The molecule has 2 aromatic rings. The Morgan fingerprint density at radius 3 is 2.32 bits per heavy atom. The number of likely N-dealkylation sites (tertiary alicyclic amines) is 1. The maximum absolute atomic E-state index is 13.0. The summed E-state index contributed by atoms with van der Waals surface area (Å²) in [6.07, 6.45) is 1.55. The van der Waals surface area contributed by atoms with Gasteiger partial charge in [-0.3, -0.25) is 9.59 Å². The second kappa shape index (κ2) is 9.62. The number of hydrogen-bond acceptors (Lipinski definition) is 5. The fourth-order valence-electron chi connectivity index (χ4n) is 3.70. The fraction of sp³-hybridized carbons (Fsp3) is 0.304. The van der Waals surface area contributed by atoms with E-state index in [0.717, 1.165) is 6.42 Å². The largest absolute Gasteiger partial charge is 0.507 e. The number of methoxy groups -OCH3 is 2. The van der Waals surface area contributed by atoms with Crippen molar-refractivity contribution < 1.29 is 24.2 Å². The van der Waals surface area contributed by atoms with Gasteiger partial charge in [-0.2, -0.15) is 0 Å². The molecular weight excluding hydrogens is 441 g/mol. The van der Waals surface area contributed by atoms with E-state index in [0.29, 0.717) is 24.3 Å². The van der Waals surface area contributed by atoms with Gasteiger partial charge in [0.05, 0.1) is 35.9 Å². The minimum atomic E-state index is -0.803. The van der Waals surface area contributed by atoms with Gasteiger partial charge in [-0.15, -0.1) is 0 Å². The zero-order valence-electron chi connectivity index (χ0n) is 17.4. The number of hydrogen-bond donors (Lipinski definition) is 1. The number of halogens is 2. The number of benzene rings is 2. The molecule has 31 heavy (non-hydrogen) atoms. The molecule has 0 bridgehead atoms. The van der Waals surface area contributed by atoms with Gasteiger partial charge in [0.15, 0.2) is 5.75 Å². The average molecular weight is 464 g/mol. The van der Waals surface area contributed by atoms with Crippen LogP contribution in [0.1, 0.15) is 36.9 Å². The zero-order valence-corrected chi connectivity index (χ0v) is 19.0. The standard InChI is InChI=1S/C23H23Cl2NO5/c1-4-5-10-26-19(14-8-6-7-9-17(14)30-2)18(21(28)23(26)29)20(27)13-11-15(24)22(31-3)16(25)12-13/h6-9,11-12,19,27H,4-5,10H2,1-3H3/b20-18+. The first kappa shape index (κ1) is 23.0. The molecule has 164 valence electrons. The Kier molecular flexibility index (Phi) is 7.13. The summed E-state index contributed by atoms with van der Waals surface area (Å²) in [5, 5.41) is 11.5. The van der Waals surface area contributed by atoms with Crippen LogP contribution >= 0.6 is 23.2 Å². The van der Waals surface area contributed by atoms with Crippen molar-refractivity contribution in [2.24, 2.45) is 0 Å². The summed E-state index contributed by atoms with van der Waals surface area (Å²) in [6, 6.07) is 9.19. The molecule has 1 unspecified atom stereocenters. The monoisotopic (exact) mass is 463 g/mol. The lowest BCUT2D eigenvalue weighted by Gasteiger charge is -2.26. The number of unbranched alkanes of at least 4 members (excludes halogenated alkanes) is 1. The summed E-state index contributed by atoms with van der Waals surface area (Å²) in [7, 11) is 2.94. The van der Waals surface area contributed by atoms with Gasteiger partial charge in [0.2, 0.25) is 0 Å². The predicted octanol–water partition coefficient (Wildman–Crippen LogP) is 5.23. The lowest BCUT2D eigenvalue weighted by molar-refractivity contribution is -0.139. The van der Waals surface area contributed by atoms with Crippen molar-refractivity contribution in [3.8, 4) is 11.5 Å². The summed E-state index contributed by atoms with van der Waals surface area (Å²) >= 11 is 12.4. The molecule has 0 spiro atoms. The predicted molar refractivity (Wildman–Crippen MR) is 120 cm³/mol. The SMILES string of the molecule is CCCCN1C(=O)C(=O)/C(=C(/O)c2cc(Cl)c(OC)c(Cl)c2)C1c1ccccc1OC. The van der Waals surface area contributed by atoms with Crippen LogP contribution in [0, 0.1) is 0 Å². The number of aliphatic hydroxyl groups is 1. The molecule has 1 amide bonds. The molecule has 1 atom stereocenters. The van der Waals surface area contributed by atoms with Gasteiger partial charge in [-0.1, -0.05) is 54.7 Å². The van der Waals surface area contributed by atoms with E-state index in [1.807, 2.05) is 6.92 Å². The van der Waals surface area contributed by atoms with Crippen LogP contribution in [-0.4, -0.2) is 42.5 Å². The van der Waals surface area contributed by atoms with E-state index in [4.69, 9.17) is 32.7 Å². The Morgan fingerprint density at radius 2 is 1.74 bits per heavy atom. The van der Waals surface area contributed by atoms with E-state index in [9.17, 15) is 14.7 Å². The smallest absolute Gasteiger partial charge is 0.295 e. The molecule has 3 rings (SSSR count). The van der Waals surface area contributed by atoms with Gasteiger partial charge in [0.1, 0.15) is 11.5 Å². The van der Waals surface area contributed by atoms with Crippen LogP contribution in [0.25, 0.3) is 5.76 Å². The number of rotatable bonds is 7. The number of amides is 1. The first-order valence-electron chi connectivity index (χ1n) is 9.80. The molecule has 1 N–H and O–H groups in total. The van der Waals surface area contributed by atoms with E-state index < -0.39 is 17.7 Å². The average Bonchev–Trinajstić information content (AvgIpc) is 3.01. The van der Waals surface area contributed by atoms with Crippen LogP contribution in [0.3, 0.4) is 0 Å². The molecular formula is C23H23Cl2NO5. The van der Waals surface area contributed by atoms with E-state index in [2.05, 4.69) is 0 Å². The third-order valence-corrected chi connectivity index (χ3v) is 5.76. The molecule has 6 nitrogen and oxygen atoms in total. The topological polar surface area (TPSA) is 76.1 Å². The highest BCUT2D eigenvalue weighted by molar-refractivity contribution is 6.46. The number of carbonyl (C=O) groups is 2. The summed E-state index contributed by atoms with van der Waals surface area (Å²) in [6.45, 7) is 2.36. The first-order valence-corrected chi connectivity index (χ1v) is 10.6. The van der Waals surface area contributed by atoms with E-state index in [1.54, 1.807) is 24.3 Å². The lowest BCUT2D eigenvalue weighted by Crippen LogP contribution is -2.30. The Labute approximate surface area is 191 Å². The highest BCUT2D eigenvalue weighted by atomic mass is 35.5. The number of aliphatic hydroxyl groups excluding tert-OH is 1. The van der Waals surface area contributed by atoms with Crippen molar-refractivity contribution in [2.75, 3.05) is 20.8 Å². The highest BCUT2D eigenvalue weighted by Gasteiger charge is 2.46. The summed E-state index contributed by atoms with van der Waals surface area (Å²) < 4.78 is 10.6. The maximum Gasteiger partial charge on any atom is 0.295 e. The van der Waals surface area contributed by atoms with Gasteiger partial charge in [0.25, 0.3) is 11.7 Å². The second-order valence-corrected chi connectivity index (χ2v) is 7.88. The molecule has 0 saturated carbocycles. The van der Waals surface area contributed by atoms with Crippen molar-refractivity contribution in [1.29, 1.82) is 0 Å². The molecule has 1 heterocycles. The Balaban J connectivity index is 2.24. The van der Waals surface area contributed by atoms with Crippen LogP contribution in [0.15, 0.2) is 42.0 Å². The van der Waals surface area contributed by atoms with Gasteiger partial charge in [0, 0.05) is 17.7 Å². The maximum atomic E-state index is 13.0. The van der Waals surface area contributed by atoms with Crippen LogP contribution in [0.4, 0.5) is 0 Å². The molecule has 1 saturated heterocycles. The summed E-state index contributed by atoms with van der Waals surface area (Å²) in [5.74, 6) is -1.04. The van der Waals surface area contributed by atoms with E-state index >= 15 is 0 Å². The van der Waals surface area contributed by atoms with Gasteiger partial charge in [-0.25, -0.2) is 0 Å². The van der Waals surface area contributed by atoms with E-state index in [1.165, 1.54) is 31.3 Å². The molecule has 0 aliphatic carbocycles. The third-order valence-electron chi connectivity index (χ3n) is 5.20. The number of carbonyl (C=O) groups excluding carboxylic acids is 2. The second-order valence-electron chi connectivity index (χ2n) is 7.06. The van der Waals surface area contributed by atoms with Crippen molar-refractivity contribution in [2.45, 2.75) is 25.8 Å². The molecule has 1 fully saturated rings.